The van der Waals surface area contributed by atoms with Crippen molar-refractivity contribution in [3.8, 4) is 17.2 Å². The maximum absolute atomic E-state index is 5.63. The van der Waals surface area contributed by atoms with Crippen molar-refractivity contribution < 1.29 is 18.9 Å². The van der Waals surface area contributed by atoms with Gasteiger partial charge in [0.1, 0.15) is 12.4 Å². The Kier molecular flexibility index (Phi) is 5.79. The summed E-state index contributed by atoms with van der Waals surface area (Å²) in [4.78, 5) is 0. The van der Waals surface area contributed by atoms with Gasteiger partial charge in [0, 0.05) is 12.1 Å². The third-order valence-corrected chi connectivity index (χ3v) is 4.15. The van der Waals surface area contributed by atoms with E-state index >= 15 is 0 Å². The van der Waals surface area contributed by atoms with E-state index in [-0.39, 0.29) is 5.54 Å². The Morgan fingerprint density at radius 2 is 1.76 bits per heavy atom. The van der Waals surface area contributed by atoms with E-state index in [1.807, 2.05) is 42.5 Å². The van der Waals surface area contributed by atoms with Crippen LogP contribution < -0.4 is 19.5 Å². The molecule has 0 aliphatic carbocycles. The molecule has 5 heteroatoms. The predicted molar refractivity (Wildman–Crippen MR) is 96.3 cm³/mol. The molecule has 0 radical (unpaired) electrons. The molecule has 1 aliphatic rings. The molecule has 0 saturated carbocycles. The van der Waals surface area contributed by atoms with Crippen LogP contribution >= 0.6 is 0 Å². The fourth-order valence-electron chi connectivity index (χ4n) is 2.66. The van der Waals surface area contributed by atoms with E-state index in [2.05, 4.69) is 25.2 Å². The molecule has 1 N–H and O–H groups in total. The highest BCUT2D eigenvalue weighted by Gasteiger charge is 2.23. The highest BCUT2D eigenvalue weighted by atomic mass is 16.7. The number of hydrogen-bond donors (Lipinski definition) is 1. The maximum atomic E-state index is 5.63. The van der Waals surface area contributed by atoms with Crippen molar-refractivity contribution >= 4 is 0 Å². The first-order chi connectivity index (χ1) is 12.1. The molecule has 5 nitrogen and oxygen atoms in total. The standard InChI is InChI=1S/C20H25NO4/c1-20(2,16-8-9-18-19(14-16)25-15-24-18)21-10-11-22-12-13-23-17-6-4-3-5-7-17/h3-9,14,21H,10-13,15H2,1-2H3. The van der Waals surface area contributed by atoms with Gasteiger partial charge in [-0.2, -0.15) is 0 Å². The van der Waals surface area contributed by atoms with Gasteiger partial charge in [0.15, 0.2) is 11.5 Å². The molecular weight excluding hydrogens is 318 g/mol. The average Bonchev–Trinajstić information content (AvgIpc) is 3.09. The van der Waals surface area contributed by atoms with Gasteiger partial charge in [-0.15, -0.1) is 0 Å². The SMILES string of the molecule is CC(C)(NCCOCCOc1ccccc1)c1ccc2c(c1)OCO2. The Labute approximate surface area is 148 Å². The number of hydrogen-bond acceptors (Lipinski definition) is 5. The molecule has 25 heavy (non-hydrogen) atoms. The summed E-state index contributed by atoms with van der Waals surface area (Å²) in [5.41, 5.74) is 0.981. The van der Waals surface area contributed by atoms with Crippen LogP contribution in [-0.2, 0) is 10.3 Å². The van der Waals surface area contributed by atoms with Gasteiger partial charge in [-0.1, -0.05) is 24.3 Å². The van der Waals surface area contributed by atoms with Gasteiger partial charge in [-0.25, -0.2) is 0 Å². The Morgan fingerprint density at radius 1 is 0.960 bits per heavy atom. The average molecular weight is 343 g/mol. The molecule has 1 aliphatic heterocycles. The predicted octanol–water partition coefficient (Wildman–Crippen LogP) is 3.34. The molecule has 2 aromatic carbocycles. The first-order valence-corrected chi connectivity index (χ1v) is 8.56. The van der Waals surface area contributed by atoms with Gasteiger partial charge < -0.3 is 24.3 Å². The molecule has 0 unspecified atom stereocenters. The number of nitrogens with one attached hydrogen (secondary N) is 1. The van der Waals surface area contributed by atoms with Crippen molar-refractivity contribution in [1.82, 2.24) is 5.32 Å². The quantitative estimate of drug-likeness (QED) is 0.708. The van der Waals surface area contributed by atoms with Crippen LogP contribution in [0.2, 0.25) is 0 Å². The molecule has 3 rings (SSSR count). The lowest BCUT2D eigenvalue weighted by molar-refractivity contribution is 0.0978. The first-order valence-electron chi connectivity index (χ1n) is 8.56. The summed E-state index contributed by atoms with van der Waals surface area (Å²) < 4.78 is 22.0. The Balaban J connectivity index is 1.35. The Hall–Kier alpha value is -2.24. The molecule has 0 fully saturated rings. The third-order valence-electron chi connectivity index (χ3n) is 4.15. The van der Waals surface area contributed by atoms with Gasteiger partial charge >= 0.3 is 0 Å². The number of ether oxygens (including phenoxy) is 4. The summed E-state index contributed by atoms with van der Waals surface area (Å²) in [6, 6.07) is 15.8. The third kappa shape index (κ3) is 4.87. The fraction of sp³-hybridized carbons (Fsp3) is 0.400. The molecule has 0 aromatic heterocycles. The largest absolute Gasteiger partial charge is 0.491 e. The van der Waals surface area contributed by atoms with Crippen LogP contribution in [0.5, 0.6) is 17.2 Å². The monoisotopic (exact) mass is 343 g/mol. The molecule has 0 saturated heterocycles. The zero-order chi connectivity index (χ0) is 17.5. The van der Waals surface area contributed by atoms with Crippen LogP contribution in [0.4, 0.5) is 0 Å². The second-order valence-electron chi connectivity index (χ2n) is 6.39. The van der Waals surface area contributed by atoms with Gasteiger partial charge in [-0.05, 0) is 43.7 Å². The summed E-state index contributed by atoms with van der Waals surface area (Å²) in [5.74, 6) is 2.48. The molecule has 0 bridgehead atoms. The van der Waals surface area contributed by atoms with E-state index in [1.165, 1.54) is 0 Å². The van der Waals surface area contributed by atoms with E-state index in [0.717, 1.165) is 29.4 Å². The Bertz CT molecular complexity index is 673. The fourth-order valence-corrected chi connectivity index (χ4v) is 2.66. The molecule has 2 aromatic rings. The lowest BCUT2D eigenvalue weighted by atomic mass is 9.94. The number of para-hydroxylation sites is 1. The lowest BCUT2D eigenvalue weighted by Crippen LogP contribution is -2.38. The summed E-state index contributed by atoms with van der Waals surface area (Å²) in [6.45, 7) is 7.09. The highest BCUT2D eigenvalue weighted by molar-refractivity contribution is 5.46. The minimum atomic E-state index is -0.176. The van der Waals surface area contributed by atoms with E-state index < -0.39 is 0 Å². The second-order valence-corrected chi connectivity index (χ2v) is 6.39. The highest BCUT2D eigenvalue weighted by Crippen LogP contribution is 2.35. The zero-order valence-electron chi connectivity index (χ0n) is 14.8. The molecule has 1 heterocycles. The van der Waals surface area contributed by atoms with Gasteiger partial charge in [-0.3, -0.25) is 0 Å². The summed E-state index contributed by atoms with van der Waals surface area (Å²) in [5, 5.41) is 3.51. The normalized spacial score (nSPS) is 13.0. The van der Waals surface area contributed by atoms with Crippen molar-refractivity contribution in [3.63, 3.8) is 0 Å². The van der Waals surface area contributed by atoms with E-state index in [0.29, 0.717) is 26.6 Å². The van der Waals surface area contributed by atoms with Gasteiger partial charge in [0.2, 0.25) is 6.79 Å². The van der Waals surface area contributed by atoms with Gasteiger partial charge in [0.25, 0.3) is 0 Å². The second kappa shape index (κ2) is 8.23. The zero-order valence-corrected chi connectivity index (χ0v) is 14.8. The minimum absolute atomic E-state index is 0.176. The lowest BCUT2D eigenvalue weighted by Gasteiger charge is -2.27. The van der Waals surface area contributed by atoms with Crippen LogP contribution in [-0.4, -0.2) is 33.2 Å². The number of fused-ring (bicyclic) bond motifs is 1. The van der Waals surface area contributed by atoms with Crippen LogP contribution in [0, 0.1) is 0 Å². The number of rotatable bonds is 9. The molecular formula is C20H25NO4. The Morgan fingerprint density at radius 3 is 2.60 bits per heavy atom. The van der Waals surface area contributed by atoms with Crippen molar-refractivity contribution in [2.45, 2.75) is 19.4 Å². The smallest absolute Gasteiger partial charge is 0.231 e. The van der Waals surface area contributed by atoms with Crippen LogP contribution in [0.25, 0.3) is 0 Å². The van der Waals surface area contributed by atoms with Crippen LogP contribution in [0.3, 0.4) is 0 Å². The molecule has 0 amide bonds. The summed E-state index contributed by atoms with van der Waals surface area (Å²) >= 11 is 0. The summed E-state index contributed by atoms with van der Waals surface area (Å²) in [7, 11) is 0. The van der Waals surface area contributed by atoms with Gasteiger partial charge in [0.05, 0.1) is 13.2 Å². The van der Waals surface area contributed by atoms with E-state index in [1.54, 1.807) is 0 Å². The van der Waals surface area contributed by atoms with Crippen LogP contribution in [0.15, 0.2) is 48.5 Å². The van der Waals surface area contributed by atoms with E-state index in [9.17, 15) is 0 Å². The molecule has 0 spiro atoms. The van der Waals surface area contributed by atoms with Crippen molar-refractivity contribution in [2.75, 3.05) is 33.2 Å². The van der Waals surface area contributed by atoms with Crippen molar-refractivity contribution in [1.29, 1.82) is 0 Å². The van der Waals surface area contributed by atoms with Crippen molar-refractivity contribution in [2.24, 2.45) is 0 Å². The van der Waals surface area contributed by atoms with Crippen molar-refractivity contribution in [3.05, 3.63) is 54.1 Å². The first kappa shape index (κ1) is 17.6. The number of benzene rings is 2. The minimum Gasteiger partial charge on any atom is -0.491 e. The molecule has 0 atom stereocenters. The molecule has 134 valence electrons. The maximum Gasteiger partial charge on any atom is 0.231 e. The topological polar surface area (TPSA) is 49.0 Å². The summed E-state index contributed by atoms with van der Waals surface area (Å²) in [6.07, 6.45) is 0. The van der Waals surface area contributed by atoms with E-state index in [4.69, 9.17) is 18.9 Å². The van der Waals surface area contributed by atoms with Crippen LogP contribution in [0.1, 0.15) is 19.4 Å².